The first-order chi connectivity index (χ1) is 19.8. The third-order valence-corrected chi connectivity index (χ3v) is 8.29. The van der Waals surface area contributed by atoms with E-state index in [-0.39, 0.29) is 0 Å². The second kappa shape index (κ2) is 9.26. The van der Waals surface area contributed by atoms with Gasteiger partial charge in [0.1, 0.15) is 5.52 Å². The van der Waals surface area contributed by atoms with Crippen LogP contribution in [0.25, 0.3) is 76.6 Å². The van der Waals surface area contributed by atoms with Crippen molar-refractivity contribution >= 4 is 42.7 Å². The van der Waals surface area contributed by atoms with E-state index in [0.29, 0.717) is 11.7 Å². The number of para-hydroxylation sites is 2. The summed E-state index contributed by atoms with van der Waals surface area (Å²) in [6, 6.07) is 43.4. The van der Waals surface area contributed by atoms with Crippen LogP contribution in [-0.4, -0.2) is 15.0 Å². The largest absolute Gasteiger partial charge is 0.436 e. The standard InChI is InChI=1S/C35H21N3OS/c1-2-10-22(11-3-1)31-33-32(27-16-4-7-19-30(27)40-33)38-34(37-31)25-14-8-12-23(20-25)24-13-9-15-26(21-24)35-36-28-17-5-6-18-29(28)39-35/h1-21H. The Balaban J connectivity index is 1.26. The van der Waals surface area contributed by atoms with E-state index in [2.05, 4.69) is 89.9 Å². The Morgan fingerprint density at radius 3 is 2.05 bits per heavy atom. The summed E-state index contributed by atoms with van der Waals surface area (Å²) < 4.78 is 8.35. The zero-order valence-electron chi connectivity index (χ0n) is 21.3. The van der Waals surface area contributed by atoms with E-state index in [4.69, 9.17) is 14.4 Å². The molecule has 0 amide bonds. The van der Waals surface area contributed by atoms with E-state index in [9.17, 15) is 0 Å². The van der Waals surface area contributed by atoms with E-state index >= 15 is 0 Å². The summed E-state index contributed by atoms with van der Waals surface area (Å²) in [5, 5.41) is 1.16. The maximum absolute atomic E-state index is 6.03. The fraction of sp³-hybridized carbons (Fsp3) is 0. The number of fused-ring (bicyclic) bond motifs is 4. The van der Waals surface area contributed by atoms with E-state index in [0.717, 1.165) is 60.2 Å². The molecule has 4 nitrogen and oxygen atoms in total. The predicted octanol–water partition coefficient (Wildman–Crippen LogP) is 9.65. The maximum Gasteiger partial charge on any atom is 0.227 e. The number of benzene rings is 5. The average molecular weight is 532 g/mol. The summed E-state index contributed by atoms with van der Waals surface area (Å²) in [6.07, 6.45) is 0. The summed E-state index contributed by atoms with van der Waals surface area (Å²) in [4.78, 5) is 14.9. The number of hydrogen-bond acceptors (Lipinski definition) is 5. The Kier molecular flexibility index (Phi) is 5.28. The van der Waals surface area contributed by atoms with E-state index < -0.39 is 0 Å². The molecule has 0 atom stereocenters. The molecular formula is C35H21N3OS. The van der Waals surface area contributed by atoms with Gasteiger partial charge in [0.15, 0.2) is 11.4 Å². The highest BCUT2D eigenvalue weighted by Crippen LogP contribution is 2.39. The van der Waals surface area contributed by atoms with Gasteiger partial charge in [-0.05, 0) is 47.5 Å². The van der Waals surface area contributed by atoms with Gasteiger partial charge in [-0.1, -0.05) is 91.0 Å². The molecule has 3 aromatic heterocycles. The van der Waals surface area contributed by atoms with Crippen LogP contribution in [0.2, 0.25) is 0 Å². The molecule has 5 aromatic carbocycles. The lowest BCUT2D eigenvalue weighted by Gasteiger charge is -2.09. The Bertz CT molecular complexity index is 2150. The third kappa shape index (κ3) is 3.87. The molecule has 0 aliphatic rings. The summed E-state index contributed by atoms with van der Waals surface area (Å²) in [5.41, 5.74) is 8.75. The lowest BCUT2D eigenvalue weighted by Crippen LogP contribution is -1.94. The lowest BCUT2D eigenvalue weighted by molar-refractivity contribution is 0.620. The van der Waals surface area contributed by atoms with Crippen molar-refractivity contribution < 1.29 is 4.42 Å². The summed E-state index contributed by atoms with van der Waals surface area (Å²) in [6.45, 7) is 0. The summed E-state index contributed by atoms with van der Waals surface area (Å²) >= 11 is 1.75. The highest BCUT2D eigenvalue weighted by atomic mass is 32.1. The molecule has 0 unspecified atom stereocenters. The van der Waals surface area contributed by atoms with Crippen LogP contribution in [0.4, 0.5) is 0 Å². The van der Waals surface area contributed by atoms with Gasteiger partial charge in [0.05, 0.1) is 15.9 Å². The number of oxazole rings is 1. The van der Waals surface area contributed by atoms with Crippen molar-refractivity contribution in [2.75, 3.05) is 0 Å². The van der Waals surface area contributed by atoms with Gasteiger partial charge in [0, 0.05) is 26.8 Å². The van der Waals surface area contributed by atoms with Gasteiger partial charge in [-0.15, -0.1) is 11.3 Å². The summed E-state index contributed by atoms with van der Waals surface area (Å²) in [7, 11) is 0. The van der Waals surface area contributed by atoms with Gasteiger partial charge in [-0.2, -0.15) is 0 Å². The van der Waals surface area contributed by atoms with Crippen LogP contribution in [0, 0.1) is 0 Å². The molecule has 8 aromatic rings. The first-order valence-electron chi connectivity index (χ1n) is 13.1. The number of nitrogens with zero attached hydrogens (tertiary/aromatic N) is 3. The van der Waals surface area contributed by atoms with E-state index in [1.165, 1.54) is 4.70 Å². The van der Waals surface area contributed by atoms with E-state index in [1.807, 2.05) is 42.5 Å². The molecule has 3 heterocycles. The fourth-order valence-electron chi connectivity index (χ4n) is 5.18. The molecule has 40 heavy (non-hydrogen) atoms. The zero-order chi connectivity index (χ0) is 26.5. The number of thiophene rings is 1. The quantitative estimate of drug-likeness (QED) is 0.227. The van der Waals surface area contributed by atoms with Crippen molar-refractivity contribution in [3.8, 4) is 45.2 Å². The highest BCUT2D eigenvalue weighted by Gasteiger charge is 2.17. The third-order valence-electron chi connectivity index (χ3n) is 7.12. The highest BCUT2D eigenvalue weighted by molar-refractivity contribution is 7.26. The SMILES string of the molecule is c1ccc(-c2nc(-c3cccc(-c4cccc(-c5nc6ccccc6o5)c4)c3)nc3c2sc2ccccc23)cc1. The van der Waals surface area contributed by atoms with Gasteiger partial charge in [-0.3, -0.25) is 0 Å². The van der Waals surface area contributed by atoms with Crippen LogP contribution in [0.3, 0.4) is 0 Å². The van der Waals surface area contributed by atoms with Crippen LogP contribution in [-0.2, 0) is 0 Å². The van der Waals surface area contributed by atoms with Gasteiger partial charge in [0.2, 0.25) is 5.89 Å². The minimum Gasteiger partial charge on any atom is -0.436 e. The van der Waals surface area contributed by atoms with Crippen molar-refractivity contribution in [3.05, 3.63) is 127 Å². The molecule has 0 bridgehead atoms. The first-order valence-corrected chi connectivity index (χ1v) is 13.9. The Labute approximate surface area is 234 Å². The first kappa shape index (κ1) is 22.8. The van der Waals surface area contributed by atoms with Crippen molar-refractivity contribution in [3.63, 3.8) is 0 Å². The summed E-state index contributed by atoms with van der Waals surface area (Å²) in [5.74, 6) is 1.33. The lowest BCUT2D eigenvalue weighted by atomic mass is 10.0. The topological polar surface area (TPSA) is 51.8 Å². The van der Waals surface area contributed by atoms with Gasteiger partial charge in [0.25, 0.3) is 0 Å². The number of aromatic nitrogens is 3. The molecule has 0 saturated carbocycles. The fourth-order valence-corrected chi connectivity index (χ4v) is 6.33. The molecule has 0 fully saturated rings. The molecule has 0 saturated heterocycles. The predicted molar refractivity (Wildman–Crippen MR) is 164 cm³/mol. The number of hydrogen-bond donors (Lipinski definition) is 0. The maximum atomic E-state index is 6.03. The van der Waals surface area contributed by atoms with Crippen molar-refractivity contribution in [2.24, 2.45) is 0 Å². The van der Waals surface area contributed by atoms with E-state index in [1.54, 1.807) is 11.3 Å². The van der Waals surface area contributed by atoms with Crippen LogP contribution < -0.4 is 0 Å². The minimum absolute atomic E-state index is 0.616. The molecule has 0 N–H and O–H groups in total. The van der Waals surface area contributed by atoms with Crippen molar-refractivity contribution in [1.29, 1.82) is 0 Å². The van der Waals surface area contributed by atoms with Gasteiger partial charge < -0.3 is 4.42 Å². The monoisotopic (exact) mass is 531 g/mol. The van der Waals surface area contributed by atoms with Crippen LogP contribution in [0.1, 0.15) is 0 Å². The van der Waals surface area contributed by atoms with Gasteiger partial charge >= 0.3 is 0 Å². The normalized spacial score (nSPS) is 11.5. The van der Waals surface area contributed by atoms with Gasteiger partial charge in [-0.25, -0.2) is 15.0 Å². The average Bonchev–Trinajstić information content (AvgIpc) is 3.63. The molecule has 188 valence electrons. The smallest absolute Gasteiger partial charge is 0.227 e. The Morgan fingerprint density at radius 1 is 0.525 bits per heavy atom. The molecule has 0 spiro atoms. The van der Waals surface area contributed by atoms with Crippen LogP contribution in [0.15, 0.2) is 132 Å². The number of rotatable bonds is 4. The molecule has 0 aliphatic heterocycles. The Hall–Kier alpha value is -5.13. The second-order valence-electron chi connectivity index (χ2n) is 9.69. The molecular weight excluding hydrogens is 510 g/mol. The van der Waals surface area contributed by atoms with Crippen LogP contribution >= 0.6 is 11.3 Å². The molecule has 0 aliphatic carbocycles. The minimum atomic E-state index is 0.616. The van der Waals surface area contributed by atoms with Crippen LogP contribution in [0.5, 0.6) is 0 Å². The molecule has 0 radical (unpaired) electrons. The second-order valence-corrected chi connectivity index (χ2v) is 10.7. The molecule has 8 rings (SSSR count). The molecule has 5 heteroatoms. The van der Waals surface area contributed by atoms with Crippen molar-refractivity contribution in [1.82, 2.24) is 15.0 Å². The Morgan fingerprint density at radius 2 is 1.20 bits per heavy atom. The van der Waals surface area contributed by atoms with Crippen molar-refractivity contribution in [2.45, 2.75) is 0 Å². The zero-order valence-corrected chi connectivity index (χ0v) is 22.1.